The number of nitrogen functional groups attached to an aromatic ring is 2. The lowest BCUT2D eigenvalue weighted by Crippen LogP contribution is -1.99. The maximum Gasteiger partial charge on any atom is 0.328 e. The average molecular weight is 284 g/mol. The molecule has 0 aliphatic carbocycles. The van der Waals surface area contributed by atoms with Crippen LogP contribution in [-0.4, -0.2) is 11.1 Å². The zero-order chi connectivity index (χ0) is 15.2. The van der Waals surface area contributed by atoms with E-state index < -0.39 is 5.97 Å². The van der Waals surface area contributed by atoms with Gasteiger partial charge in [0, 0.05) is 17.5 Å². The van der Waals surface area contributed by atoms with Crippen molar-refractivity contribution in [2.45, 2.75) is 6.61 Å². The Hall–Kier alpha value is -2.95. The first-order chi connectivity index (χ1) is 10.0. The first-order valence-electron chi connectivity index (χ1n) is 6.32. The molecule has 2 aromatic rings. The van der Waals surface area contributed by atoms with Crippen molar-refractivity contribution in [3.63, 3.8) is 0 Å². The van der Waals surface area contributed by atoms with Gasteiger partial charge in [0.15, 0.2) is 0 Å². The summed E-state index contributed by atoms with van der Waals surface area (Å²) in [7, 11) is 0. The van der Waals surface area contributed by atoms with Crippen LogP contribution in [0.1, 0.15) is 11.1 Å². The Balaban J connectivity index is 1.99. The number of nitrogens with two attached hydrogens (primary N) is 2. The molecule has 0 bridgehead atoms. The molecular formula is C16H16N2O3. The number of carboxylic acid groups (broad SMARTS) is 1. The molecule has 0 aromatic heterocycles. The van der Waals surface area contributed by atoms with Crippen molar-refractivity contribution in [2.24, 2.45) is 0 Å². The summed E-state index contributed by atoms with van der Waals surface area (Å²) in [6.45, 7) is 0.361. The lowest BCUT2D eigenvalue weighted by molar-refractivity contribution is -0.131. The molecule has 108 valence electrons. The van der Waals surface area contributed by atoms with E-state index in [2.05, 4.69) is 0 Å². The fraction of sp³-hybridized carbons (Fsp3) is 0.0625. The summed E-state index contributed by atoms with van der Waals surface area (Å²) in [5.41, 5.74) is 14.3. The second-order valence-electron chi connectivity index (χ2n) is 4.54. The monoisotopic (exact) mass is 284 g/mol. The third-order valence-electron chi connectivity index (χ3n) is 2.74. The van der Waals surface area contributed by atoms with Gasteiger partial charge in [0.2, 0.25) is 0 Å². The van der Waals surface area contributed by atoms with Gasteiger partial charge in [-0.05, 0) is 47.5 Å². The highest BCUT2D eigenvalue weighted by Crippen LogP contribution is 2.18. The quantitative estimate of drug-likeness (QED) is 0.579. The number of aliphatic carboxylic acids is 1. The van der Waals surface area contributed by atoms with Gasteiger partial charge in [0.1, 0.15) is 12.4 Å². The molecule has 0 saturated carbocycles. The summed E-state index contributed by atoms with van der Waals surface area (Å²) in [5.74, 6) is -0.293. The van der Waals surface area contributed by atoms with Crippen LogP contribution in [0.4, 0.5) is 11.4 Å². The van der Waals surface area contributed by atoms with E-state index in [0.717, 1.165) is 17.2 Å². The molecule has 0 saturated heterocycles. The van der Waals surface area contributed by atoms with E-state index in [1.807, 2.05) is 0 Å². The summed E-state index contributed by atoms with van der Waals surface area (Å²) in [5, 5.41) is 8.55. The van der Waals surface area contributed by atoms with E-state index in [1.165, 1.54) is 6.08 Å². The van der Waals surface area contributed by atoms with Crippen LogP contribution < -0.4 is 16.2 Å². The van der Waals surface area contributed by atoms with E-state index in [0.29, 0.717) is 23.7 Å². The molecule has 0 amide bonds. The van der Waals surface area contributed by atoms with Crippen molar-refractivity contribution in [3.05, 3.63) is 59.7 Å². The van der Waals surface area contributed by atoms with Gasteiger partial charge < -0.3 is 21.3 Å². The number of benzene rings is 2. The van der Waals surface area contributed by atoms with Crippen molar-refractivity contribution < 1.29 is 14.6 Å². The molecule has 0 aliphatic heterocycles. The third kappa shape index (κ3) is 4.58. The number of hydrogen-bond donors (Lipinski definition) is 3. The largest absolute Gasteiger partial charge is 0.489 e. The number of anilines is 2. The number of ether oxygens (including phenoxy) is 1. The highest BCUT2D eigenvalue weighted by Gasteiger charge is 1.99. The van der Waals surface area contributed by atoms with Crippen molar-refractivity contribution in [1.29, 1.82) is 0 Å². The lowest BCUT2D eigenvalue weighted by atomic mass is 10.2. The van der Waals surface area contributed by atoms with E-state index >= 15 is 0 Å². The van der Waals surface area contributed by atoms with Crippen LogP contribution in [0.25, 0.3) is 6.08 Å². The van der Waals surface area contributed by atoms with Gasteiger partial charge in [-0.15, -0.1) is 0 Å². The molecule has 0 fully saturated rings. The van der Waals surface area contributed by atoms with Crippen LogP contribution in [0, 0.1) is 0 Å². The predicted molar refractivity (Wildman–Crippen MR) is 82.7 cm³/mol. The number of carbonyl (C=O) groups is 1. The Kier molecular flexibility index (Phi) is 4.46. The highest BCUT2D eigenvalue weighted by molar-refractivity contribution is 5.85. The first kappa shape index (κ1) is 14.5. The second kappa shape index (κ2) is 6.47. The smallest absolute Gasteiger partial charge is 0.328 e. The van der Waals surface area contributed by atoms with Crippen molar-refractivity contribution in [3.8, 4) is 5.75 Å². The third-order valence-corrected chi connectivity index (χ3v) is 2.74. The fourth-order valence-electron chi connectivity index (χ4n) is 1.84. The van der Waals surface area contributed by atoms with Gasteiger partial charge in [-0.3, -0.25) is 0 Å². The summed E-state index contributed by atoms with van der Waals surface area (Å²) < 4.78 is 5.63. The Morgan fingerprint density at radius 1 is 1.10 bits per heavy atom. The minimum atomic E-state index is -0.977. The average Bonchev–Trinajstić information content (AvgIpc) is 2.43. The predicted octanol–water partition coefficient (Wildman–Crippen LogP) is 2.53. The summed E-state index contributed by atoms with van der Waals surface area (Å²) in [6.07, 6.45) is 2.61. The maximum absolute atomic E-state index is 10.4. The molecule has 0 unspecified atom stereocenters. The Morgan fingerprint density at radius 2 is 1.71 bits per heavy atom. The maximum atomic E-state index is 10.4. The SMILES string of the molecule is Nc1cc(N)cc(COc2ccc(/C=C/C(=O)O)cc2)c1. The second-order valence-corrected chi connectivity index (χ2v) is 4.54. The number of hydrogen-bond acceptors (Lipinski definition) is 4. The van der Waals surface area contributed by atoms with E-state index in [-0.39, 0.29) is 0 Å². The first-order valence-corrected chi connectivity index (χ1v) is 6.32. The highest BCUT2D eigenvalue weighted by atomic mass is 16.5. The standard InChI is InChI=1S/C16H16N2O3/c17-13-7-12(8-14(18)9-13)10-21-15-4-1-11(2-5-15)3-6-16(19)20/h1-9H,10,17-18H2,(H,19,20)/b6-3+. The van der Waals surface area contributed by atoms with Gasteiger partial charge >= 0.3 is 5.97 Å². The Morgan fingerprint density at radius 3 is 2.29 bits per heavy atom. The van der Waals surface area contributed by atoms with E-state index in [4.69, 9.17) is 21.3 Å². The van der Waals surface area contributed by atoms with Gasteiger partial charge in [0.05, 0.1) is 0 Å². The molecule has 0 aliphatic rings. The van der Waals surface area contributed by atoms with Crippen LogP contribution in [0.5, 0.6) is 5.75 Å². The molecule has 0 spiro atoms. The molecule has 5 N–H and O–H groups in total. The molecule has 2 rings (SSSR count). The lowest BCUT2D eigenvalue weighted by Gasteiger charge is -2.08. The van der Waals surface area contributed by atoms with Crippen molar-refractivity contribution >= 4 is 23.4 Å². The molecule has 5 nitrogen and oxygen atoms in total. The Labute approximate surface area is 122 Å². The van der Waals surface area contributed by atoms with Crippen molar-refractivity contribution in [1.82, 2.24) is 0 Å². The molecule has 0 heterocycles. The Bertz CT molecular complexity index is 643. The van der Waals surface area contributed by atoms with E-state index in [9.17, 15) is 4.79 Å². The van der Waals surface area contributed by atoms with Crippen LogP contribution in [0.15, 0.2) is 48.5 Å². The summed E-state index contributed by atoms with van der Waals surface area (Å²) >= 11 is 0. The summed E-state index contributed by atoms with van der Waals surface area (Å²) in [4.78, 5) is 10.4. The molecule has 0 radical (unpaired) electrons. The van der Waals surface area contributed by atoms with Gasteiger partial charge in [0.25, 0.3) is 0 Å². The van der Waals surface area contributed by atoms with Crippen LogP contribution in [0.3, 0.4) is 0 Å². The minimum Gasteiger partial charge on any atom is -0.489 e. The van der Waals surface area contributed by atoms with E-state index in [1.54, 1.807) is 42.5 Å². The molecule has 0 atom stereocenters. The van der Waals surface area contributed by atoms with Crippen LogP contribution in [-0.2, 0) is 11.4 Å². The molecule has 21 heavy (non-hydrogen) atoms. The van der Waals surface area contributed by atoms with Crippen LogP contribution >= 0.6 is 0 Å². The summed E-state index contributed by atoms with van der Waals surface area (Å²) in [6, 6.07) is 12.4. The zero-order valence-electron chi connectivity index (χ0n) is 11.3. The molecular weight excluding hydrogens is 268 g/mol. The zero-order valence-corrected chi connectivity index (χ0v) is 11.3. The molecule has 5 heteroatoms. The molecule has 2 aromatic carbocycles. The van der Waals surface area contributed by atoms with Gasteiger partial charge in [-0.25, -0.2) is 4.79 Å². The van der Waals surface area contributed by atoms with Gasteiger partial charge in [-0.2, -0.15) is 0 Å². The topological polar surface area (TPSA) is 98.6 Å². The number of rotatable bonds is 5. The fourth-order valence-corrected chi connectivity index (χ4v) is 1.84. The van der Waals surface area contributed by atoms with Crippen LogP contribution in [0.2, 0.25) is 0 Å². The van der Waals surface area contributed by atoms with Gasteiger partial charge in [-0.1, -0.05) is 12.1 Å². The minimum absolute atomic E-state index is 0.361. The van der Waals surface area contributed by atoms with Crippen molar-refractivity contribution in [2.75, 3.05) is 11.5 Å². The normalized spacial score (nSPS) is 10.7. The number of carboxylic acids is 1.